The van der Waals surface area contributed by atoms with Gasteiger partial charge in [0.1, 0.15) is 0 Å². The molecule has 0 fully saturated rings. The number of aryl methyl sites for hydroxylation is 12. The Morgan fingerprint density at radius 1 is 0.300 bits per heavy atom. The highest BCUT2D eigenvalue weighted by Gasteiger charge is 2.27. The molecule has 8 rings (SSSR count). The molecule has 292 valence electrons. The molecule has 0 heterocycles. The maximum atomic E-state index is 3.96. The van der Waals surface area contributed by atoms with E-state index in [-0.39, 0.29) is 13.4 Å². The Bertz CT molecular complexity index is 2770. The number of rotatable bonds is 4. The summed E-state index contributed by atoms with van der Waals surface area (Å²) in [5.74, 6) is 15.8. The van der Waals surface area contributed by atoms with Gasteiger partial charge in [-0.1, -0.05) is 198 Å². The molecule has 0 aliphatic rings. The molecule has 0 radical (unpaired) electrons. The fourth-order valence-corrected chi connectivity index (χ4v) is 10.6. The van der Waals surface area contributed by atoms with E-state index in [0.29, 0.717) is 0 Å². The molecular weight excluding hydrogens is 718 g/mol. The van der Waals surface area contributed by atoms with Crippen molar-refractivity contribution in [2.45, 2.75) is 83.1 Å². The molecule has 0 aromatic heterocycles. The zero-order chi connectivity index (χ0) is 42.6. The third-order valence-corrected chi connectivity index (χ3v) is 12.7. The van der Waals surface area contributed by atoms with Gasteiger partial charge in [-0.2, -0.15) is 0 Å². The Balaban J connectivity index is 1.45. The van der Waals surface area contributed by atoms with Crippen LogP contribution in [0.4, 0.5) is 0 Å². The van der Waals surface area contributed by atoms with E-state index in [9.17, 15) is 0 Å². The fraction of sp³-hybridized carbons (Fsp3) is 0.207. The zero-order valence-corrected chi connectivity index (χ0v) is 37.5. The van der Waals surface area contributed by atoms with E-state index < -0.39 is 0 Å². The smallest absolute Gasteiger partial charge is 0.137 e. The Labute approximate surface area is 359 Å². The van der Waals surface area contributed by atoms with E-state index in [0.717, 1.165) is 32.7 Å². The highest BCUT2D eigenvalue weighted by atomic mass is 14.2. The van der Waals surface area contributed by atoms with Crippen molar-refractivity contribution in [3.05, 3.63) is 187 Å². The largest absolute Gasteiger partial charge is 0.297 e. The summed E-state index contributed by atoms with van der Waals surface area (Å²) in [7, 11) is 0. The van der Waals surface area contributed by atoms with Crippen LogP contribution < -0.4 is 21.9 Å². The standard InChI is InChI=1S/C58H54B2/c1-35-25-39(5)55(40(6)26-35)59(56-41(7)27-36(2)28-42(56)8)23-21-51-49-19-15-16-20-50(49)52(54-34-48-18-14-13-17-47(48)33-53(51)54)22-24-60(57-43(9)29-37(3)30-44(57)10)58-45(11)31-38(4)32-46(58)12/h13-20,25-34H,1-12H3. The molecule has 0 spiro atoms. The maximum absolute atomic E-state index is 3.96. The first kappa shape index (κ1) is 40.6. The molecule has 0 bridgehead atoms. The lowest BCUT2D eigenvalue weighted by atomic mass is 9.38. The summed E-state index contributed by atoms with van der Waals surface area (Å²) in [6.07, 6.45) is 0. The highest BCUT2D eigenvalue weighted by molar-refractivity contribution is 6.93. The molecule has 0 saturated carbocycles. The summed E-state index contributed by atoms with van der Waals surface area (Å²) < 4.78 is 0. The second kappa shape index (κ2) is 16.1. The monoisotopic (exact) mass is 772 g/mol. The fourth-order valence-electron chi connectivity index (χ4n) is 10.6. The molecule has 0 aliphatic carbocycles. The Hall–Kier alpha value is -6.21. The van der Waals surface area contributed by atoms with E-state index >= 15 is 0 Å². The molecule has 0 unspecified atom stereocenters. The minimum absolute atomic E-state index is 0.0947. The minimum Gasteiger partial charge on any atom is -0.137 e. The Morgan fingerprint density at radius 3 is 0.817 bits per heavy atom. The molecule has 8 aromatic rings. The van der Waals surface area contributed by atoms with Crippen LogP contribution in [-0.2, 0) is 0 Å². The van der Waals surface area contributed by atoms with E-state index in [1.807, 2.05) is 0 Å². The molecule has 8 aromatic carbocycles. The summed E-state index contributed by atoms with van der Waals surface area (Å²) in [6.45, 7) is 26.6. The molecule has 0 nitrogen and oxygen atoms in total. The molecule has 0 amide bonds. The van der Waals surface area contributed by atoms with E-state index in [1.54, 1.807) is 0 Å². The lowest BCUT2D eigenvalue weighted by Gasteiger charge is -2.20. The second-order valence-electron chi connectivity index (χ2n) is 17.7. The van der Waals surface area contributed by atoms with Gasteiger partial charge in [0.15, 0.2) is 0 Å². The summed E-state index contributed by atoms with van der Waals surface area (Å²) in [5.41, 5.74) is 22.7. The predicted molar refractivity (Wildman–Crippen MR) is 265 cm³/mol. The molecule has 2 heteroatoms. The van der Waals surface area contributed by atoms with Gasteiger partial charge in [-0.05, 0) is 128 Å². The van der Waals surface area contributed by atoms with Gasteiger partial charge in [0.05, 0.1) is 0 Å². The van der Waals surface area contributed by atoms with Crippen molar-refractivity contribution < 1.29 is 0 Å². The van der Waals surface area contributed by atoms with Crippen molar-refractivity contribution in [1.82, 2.24) is 0 Å². The second-order valence-corrected chi connectivity index (χ2v) is 17.7. The lowest BCUT2D eigenvalue weighted by Crippen LogP contribution is -2.46. The van der Waals surface area contributed by atoms with Gasteiger partial charge < -0.3 is 0 Å². The first-order valence-electron chi connectivity index (χ1n) is 21.4. The first-order chi connectivity index (χ1) is 28.7. The average Bonchev–Trinajstić information content (AvgIpc) is 3.16. The minimum atomic E-state index is -0.0947. The van der Waals surface area contributed by atoms with Gasteiger partial charge in [-0.15, -0.1) is 11.6 Å². The zero-order valence-electron chi connectivity index (χ0n) is 37.5. The molecule has 60 heavy (non-hydrogen) atoms. The van der Waals surface area contributed by atoms with Crippen LogP contribution in [0, 0.1) is 107 Å². The average molecular weight is 773 g/mol. The normalized spacial score (nSPS) is 11.1. The Kier molecular flexibility index (Phi) is 10.9. The van der Waals surface area contributed by atoms with Crippen LogP contribution in [0.3, 0.4) is 0 Å². The van der Waals surface area contributed by atoms with Gasteiger partial charge >= 0.3 is 0 Å². The van der Waals surface area contributed by atoms with Crippen molar-refractivity contribution >= 4 is 67.6 Å². The molecule has 0 atom stereocenters. The number of benzene rings is 8. The van der Waals surface area contributed by atoms with Crippen LogP contribution >= 0.6 is 0 Å². The van der Waals surface area contributed by atoms with Crippen LogP contribution in [-0.4, -0.2) is 13.4 Å². The SMILES string of the molecule is Cc1cc(C)c(B(C#Cc2c3ccccc3c(C#CB(c3c(C)cc(C)cc3C)c3c(C)cc(C)cc3C)c3cc4ccccc4cc23)c2c(C)cc(C)cc2C)c(C)c1. The Morgan fingerprint density at radius 2 is 0.550 bits per heavy atom. The predicted octanol–water partition coefficient (Wildman–Crippen LogP) is 11.2. The molecule has 0 saturated heterocycles. The first-order valence-corrected chi connectivity index (χ1v) is 21.4. The van der Waals surface area contributed by atoms with Crippen LogP contribution in [0.15, 0.2) is 109 Å². The van der Waals surface area contributed by atoms with Gasteiger partial charge in [-0.3, -0.25) is 0 Å². The van der Waals surface area contributed by atoms with Crippen LogP contribution in [0.5, 0.6) is 0 Å². The summed E-state index contributed by atoms with van der Waals surface area (Å²) in [6, 6.07) is 40.7. The topological polar surface area (TPSA) is 0 Å². The highest BCUT2D eigenvalue weighted by Crippen LogP contribution is 2.35. The van der Waals surface area contributed by atoms with Crippen LogP contribution in [0.1, 0.15) is 77.9 Å². The van der Waals surface area contributed by atoms with Crippen molar-refractivity contribution in [2.75, 3.05) is 0 Å². The molecule has 0 aliphatic heterocycles. The van der Waals surface area contributed by atoms with E-state index in [2.05, 4.69) is 216 Å². The summed E-state index contributed by atoms with van der Waals surface area (Å²) in [4.78, 5) is 0. The number of hydrogen-bond acceptors (Lipinski definition) is 0. The van der Waals surface area contributed by atoms with Crippen molar-refractivity contribution in [1.29, 1.82) is 0 Å². The van der Waals surface area contributed by atoms with E-state index in [1.165, 1.54) is 99.4 Å². The van der Waals surface area contributed by atoms with Gasteiger partial charge in [-0.25, -0.2) is 0 Å². The number of hydrogen-bond donors (Lipinski definition) is 0. The maximum Gasteiger partial charge on any atom is 0.297 e. The molecular formula is C58H54B2. The van der Waals surface area contributed by atoms with Gasteiger partial charge in [0.2, 0.25) is 0 Å². The quantitative estimate of drug-likeness (QED) is 0.0950. The summed E-state index contributed by atoms with van der Waals surface area (Å²) >= 11 is 0. The molecule has 0 N–H and O–H groups in total. The van der Waals surface area contributed by atoms with E-state index in [4.69, 9.17) is 0 Å². The van der Waals surface area contributed by atoms with Crippen molar-refractivity contribution in [3.8, 4) is 23.5 Å². The van der Waals surface area contributed by atoms with Gasteiger partial charge in [0.25, 0.3) is 13.4 Å². The lowest BCUT2D eigenvalue weighted by molar-refractivity contribution is 1.34. The summed E-state index contributed by atoms with van der Waals surface area (Å²) in [5, 5.41) is 6.94. The third kappa shape index (κ3) is 7.46. The van der Waals surface area contributed by atoms with Crippen molar-refractivity contribution in [2.24, 2.45) is 0 Å². The van der Waals surface area contributed by atoms with Crippen molar-refractivity contribution in [3.63, 3.8) is 0 Å². The van der Waals surface area contributed by atoms with Gasteiger partial charge in [0, 0.05) is 11.1 Å². The van der Waals surface area contributed by atoms with Crippen LogP contribution in [0.2, 0.25) is 0 Å². The third-order valence-electron chi connectivity index (χ3n) is 12.7. The van der Waals surface area contributed by atoms with Crippen LogP contribution in [0.25, 0.3) is 32.3 Å². The number of fused-ring (bicyclic) bond motifs is 3.